The monoisotopic (exact) mass is 312 g/mol. The molecule has 3 rings (SSSR count). The quantitative estimate of drug-likeness (QED) is 0.939. The minimum absolute atomic E-state index is 0. The molecule has 0 saturated carbocycles. The van der Waals surface area contributed by atoms with Crippen LogP contribution in [0, 0.1) is 5.82 Å². The lowest BCUT2D eigenvalue weighted by Gasteiger charge is -2.23. The summed E-state index contributed by atoms with van der Waals surface area (Å²) in [6.45, 7) is 1.87. The molecule has 7 heteroatoms. The van der Waals surface area contributed by atoms with Gasteiger partial charge in [0.1, 0.15) is 5.82 Å². The normalized spacial score (nSPS) is 18.7. The number of aromatic nitrogens is 2. The van der Waals surface area contributed by atoms with Gasteiger partial charge in [0, 0.05) is 6.04 Å². The number of nitrogens with two attached hydrogens (primary N) is 1. The molecule has 5 nitrogen and oxygen atoms in total. The van der Waals surface area contributed by atoms with Crippen molar-refractivity contribution < 1.29 is 8.91 Å². The number of rotatable bonds is 4. The third-order valence-corrected chi connectivity index (χ3v) is 3.65. The van der Waals surface area contributed by atoms with Crippen LogP contribution in [0.1, 0.15) is 36.2 Å². The van der Waals surface area contributed by atoms with E-state index in [1.54, 1.807) is 0 Å². The predicted octanol–water partition coefficient (Wildman–Crippen LogP) is 2.43. The topological polar surface area (TPSA) is 68.2 Å². The van der Waals surface area contributed by atoms with Gasteiger partial charge in [-0.25, -0.2) is 4.39 Å². The highest BCUT2D eigenvalue weighted by Crippen LogP contribution is 2.32. The Morgan fingerprint density at radius 2 is 2.10 bits per heavy atom. The van der Waals surface area contributed by atoms with Gasteiger partial charge >= 0.3 is 0 Å². The second kappa shape index (κ2) is 6.98. The molecule has 1 unspecified atom stereocenters. The fraction of sp³-hybridized carbons (Fsp3) is 0.429. The number of benzene rings is 1. The molecule has 2 heterocycles. The van der Waals surface area contributed by atoms with Crippen molar-refractivity contribution in [2.75, 3.05) is 6.54 Å². The minimum atomic E-state index is -0.205. The lowest BCUT2D eigenvalue weighted by atomic mass is 10.0. The van der Waals surface area contributed by atoms with Crippen LogP contribution in [0.25, 0.3) is 0 Å². The Labute approximate surface area is 128 Å². The number of hydrogen-bond donors (Lipinski definition) is 1. The van der Waals surface area contributed by atoms with Gasteiger partial charge in [-0.1, -0.05) is 17.3 Å². The van der Waals surface area contributed by atoms with Gasteiger partial charge in [-0.3, -0.25) is 4.90 Å². The van der Waals surface area contributed by atoms with E-state index in [0.29, 0.717) is 18.3 Å². The molecule has 1 fully saturated rings. The summed E-state index contributed by atoms with van der Waals surface area (Å²) in [5, 5.41) is 3.92. The average molecular weight is 313 g/mol. The molecule has 1 saturated heterocycles. The van der Waals surface area contributed by atoms with Gasteiger partial charge in [0.15, 0.2) is 5.82 Å². The standard InChI is InChI=1S/C14H17FN4O.ClH/c15-11-5-3-10(4-6-11)12-2-1-7-19(12)9-13-17-14(8-16)20-18-13;/h3-6,12H,1-2,7-9,16H2;1H. The first-order valence-corrected chi connectivity index (χ1v) is 6.77. The summed E-state index contributed by atoms with van der Waals surface area (Å²) in [6.07, 6.45) is 2.18. The van der Waals surface area contributed by atoms with E-state index in [1.165, 1.54) is 12.1 Å². The van der Waals surface area contributed by atoms with Gasteiger partial charge in [-0.15, -0.1) is 12.4 Å². The second-order valence-electron chi connectivity index (χ2n) is 4.99. The summed E-state index contributed by atoms with van der Waals surface area (Å²) in [5.74, 6) is 0.904. The van der Waals surface area contributed by atoms with Crippen molar-refractivity contribution in [2.45, 2.75) is 32.0 Å². The number of nitrogens with zero attached hydrogens (tertiary/aromatic N) is 3. The molecule has 0 aliphatic carbocycles. The van der Waals surface area contributed by atoms with Crippen molar-refractivity contribution in [1.29, 1.82) is 0 Å². The Bertz CT molecular complexity index is 575. The van der Waals surface area contributed by atoms with E-state index in [-0.39, 0.29) is 30.8 Å². The van der Waals surface area contributed by atoms with Crippen molar-refractivity contribution in [3.8, 4) is 0 Å². The van der Waals surface area contributed by atoms with Gasteiger partial charge in [0.05, 0.1) is 13.1 Å². The van der Waals surface area contributed by atoms with E-state index >= 15 is 0 Å². The highest BCUT2D eigenvalue weighted by molar-refractivity contribution is 5.85. The van der Waals surface area contributed by atoms with Gasteiger partial charge in [0.2, 0.25) is 5.89 Å². The summed E-state index contributed by atoms with van der Waals surface area (Å²) >= 11 is 0. The molecule has 114 valence electrons. The van der Waals surface area contributed by atoms with Crippen LogP contribution in [0.3, 0.4) is 0 Å². The number of hydrogen-bond acceptors (Lipinski definition) is 5. The molecule has 0 bridgehead atoms. The molecule has 1 atom stereocenters. The molecular formula is C14H18ClFN4O. The van der Waals surface area contributed by atoms with Crippen LogP contribution < -0.4 is 5.73 Å². The van der Waals surface area contributed by atoms with Crippen molar-refractivity contribution in [3.05, 3.63) is 47.4 Å². The first kappa shape index (κ1) is 15.9. The van der Waals surface area contributed by atoms with E-state index < -0.39 is 0 Å². The molecule has 1 aromatic heterocycles. The Morgan fingerprint density at radius 3 is 2.76 bits per heavy atom. The highest BCUT2D eigenvalue weighted by atomic mass is 35.5. The third kappa shape index (κ3) is 3.58. The number of halogens is 2. The van der Waals surface area contributed by atoms with Crippen molar-refractivity contribution in [1.82, 2.24) is 15.0 Å². The zero-order chi connectivity index (χ0) is 13.9. The van der Waals surface area contributed by atoms with Gasteiger partial charge in [-0.2, -0.15) is 4.98 Å². The van der Waals surface area contributed by atoms with Crippen LogP contribution >= 0.6 is 12.4 Å². The van der Waals surface area contributed by atoms with Crippen LogP contribution in [0.5, 0.6) is 0 Å². The highest BCUT2D eigenvalue weighted by Gasteiger charge is 2.27. The Morgan fingerprint density at radius 1 is 1.33 bits per heavy atom. The molecule has 21 heavy (non-hydrogen) atoms. The summed E-state index contributed by atoms with van der Waals surface area (Å²) in [4.78, 5) is 6.52. The smallest absolute Gasteiger partial charge is 0.240 e. The first-order valence-electron chi connectivity index (χ1n) is 6.77. The van der Waals surface area contributed by atoms with Crippen LogP contribution in [0.4, 0.5) is 4.39 Å². The second-order valence-corrected chi connectivity index (χ2v) is 4.99. The third-order valence-electron chi connectivity index (χ3n) is 3.65. The lowest BCUT2D eigenvalue weighted by molar-refractivity contribution is 0.238. The van der Waals surface area contributed by atoms with E-state index in [2.05, 4.69) is 15.0 Å². The van der Waals surface area contributed by atoms with Crippen molar-refractivity contribution in [3.63, 3.8) is 0 Å². The van der Waals surface area contributed by atoms with E-state index in [4.69, 9.17) is 10.3 Å². The van der Waals surface area contributed by atoms with E-state index in [1.807, 2.05) is 12.1 Å². The number of likely N-dealkylation sites (tertiary alicyclic amines) is 1. The fourth-order valence-electron chi connectivity index (χ4n) is 2.70. The largest absolute Gasteiger partial charge is 0.338 e. The fourth-order valence-corrected chi connectivity index (χ4v) is 2.70. The molecule has 0 amide bonds. The molecule has 1 aliphatic rings. The van der Waals surface area contributed by atoms with Crippen LogP contribution in [0.15, 0.2) is 28.8 Å². The molecule has 1 aromatic carbocycles. The maximum Gasteiger partial charge on any atom is 0.240 e. The zero-order valence-electron chi connectivity index (χ0n) is 11.5. The van der Waals surface area contributed by atoms with E-state index in [9.17, 15) is 4.39 Å². The van der Waals surface area contributed by atoms with Crippen molar-refractivity contribution in [2.24, 2.45) is 5.73 Å². The summed E-state index contributed by atoms with van der Waals surface area (Å²) in [5.41, 5.74) is 6.59. The van der Waals surface area contributed by atoms with E-state index in [0.717, 1.165) is 24.9 Å². The van der Waals surface area contributed by atoms with Crippen LogP contribution in [-0.4, -0.2) is 21.6 Å². The Balaban J connectivity index is 0.00000161. The molecule has 0 spiro atoms. The van der Waals surface area contributed by atoms with Gasteiger partial charge in [0.25, 0.3) is 0 Å². The Hall–Kier alpha value is -1.50. The zero-order valence-corrected chi connectivity index (χ0v) is 12.4. The van der Waals surface area contributed by atoms with Crippen molar-refractivity contribution >= 4 is 12.4 Å². The molecule has 2 N–H and O–H groups in total. The SMILES string of the molecule is Cl.NCc1nc(CN2CCCC2c2ccc(F)cc2)no1. The molecular weight excluding hydrogens is 295 g/mol. The average Bonchev–Trinajstić information content (AvgIpc) is 3.09. The summed E-state index contributed by atoms with van der Waals surface area (Å²) in [7, 11) is 0. The summed E-state index contributed by atoms with van der Waals surface area (Å²) in [6, 6.07) is 6.99. The minimum Gasteiger partial charge on any atom is -0.338 e. The maximum atomic E-state index is 13.0. The molecule has 2 aromatic rings. The summed E-state index contributed by atoms with van der Waals surface area (Å²) < 4.78 is 18.0. The van der Waals surface area contributed by atoms with Gasteiger partial charge in [-0.05, 0) is 37.1 Å². The molecule has 1 aliphatic heterocycles. The first-order chi connectivity index (χ1) is 9.76. The van der Waals surface area contributed by atoms with Crippen LogP contribution in [-0.2, 0) is 13.1 Å². The Kier molecular flexibility index (Phi) is 5.27. The van der Waals surface area contributed by atoms with Crippen LogP contribution in [0.2, 0.25) is 0 Å². The predicted molar refractivity (Wildman–Crippen MR) is 78.2 cm³/mol. The van der Waals surface area contributed by atoms with Gasteiger partial charge < -0.3 is 10.3 Å². The maximum absolute atomic E-state index is 13.0. The lowest BCUT2D eigenvalue weighted by Crippen LogP contribution is -2.23. The molecule has 0 radical (unpaired) electrons.